The van der Waals surface area contributed by atoms with Crippen LogP contribution in [0.15, 0.2) is 24.1 Å². The van der Waals surface area contributed by atoms with E-state index in [2.05, 4.69) is 10.8 Å². The number of rotatable bonds is 5. The third kappa shape index (κ3) is 5.82. The molecule has 0 rings (SSSR count). The number of allylic oxidation sites excluding steroid dienone is 1. The van der Waals surface area contributed by atoms with Crippen molar-refractivity contribution in [2.24, 2.45) is 0 Å². The summed E-state index contributed by atoms with van der Waals surface area (Å²) in [5, 5.41) is 1.05. The van der Waals surface area contributed by atoms with Crippen molar-refractivity contribution in [3.8, 4) is 0 Å². The molecule has 0 aliphatic carbocycles. The van der Waals surface area contributed by atoms with E-state index in [4.69, 9.17) is 0 Å². The topological polar surface area (TPSA) is 43.4 Å². The van der Waals surface area contributed by atoms with Crippen LogP contribution in [0.25, 0.3) is 0 Å². The molecule has 0 saturated heterocycles. The lowest BCUT2D eigenvalue weighted by Crippen LogP contribution is -2.00. The summed E-state index contributed by atoms with van der Waals surface area (Å²) in [5.41, 5.74) is 0. The Morgan fingerprint density at radius 3 is 2.64 bits per heavy atom. The third-order valence-electron chi connectivity index (χ3n) is 0.849. The molecule has 3 nitrogen and oxygen atoms in total. The van der Waals surface area contributed by atoms with Crippen LogP contribution in [0.4, 0.5) is 0 Å². The molecule has 0 fully saturated rings. The van der Waals surface area contributed by atoms with Crippen LogP contribution in [0.1, 0.15) is 13.3 Å². The monoisotopic (exact) mass is 176 g/mol. The summed E-state index contributed by atoms with van der Waals surface area (Å²) >= 11 is 0. The molecule has 0 spiro atoms. The van der Waals surface area contributed by atoms with Crippen LogP contribution < -0.4 is 0 Å². The molecule has 0 bridgehead atoms. The molecule has 0 saturated carbocycles. The molecular weight excluding hydrogens is 164 g/mol. The van der Waals surface area contributed by atoms with Gasteiger partial charge in [0.05, 0.1) is 12.0 Å². The first-order chi connectivity index (χ1) is 5.12. The molecule has 0 heterocycles. The lowest BCUT2D eigenvalue weighted by atomic mass is 10.5. The molecule has 0 amide bonds. The highest BCUT2D eigenvalue weighted by Gasteiger charge is 2.01. The van der Waals surface area contributed by atoms with Gasteiger partial charge in [-0.15, -0.1) is 6.58 Å². The predicted molar refractivity (Wildman–Crippen MR) is 44.5 cm³/mol. The molecule has 0 aliphatic rings. The third-order valence-corrected chi connectivity index (χ3v) is 1.84. The second kappa shape index (κ2) is 5.09. The van der Waals surface area contributed by atoms with Crippen molar-refractivity contribution in [2.45, 2.75) is 13.3 Å². The highest BCUT2D eigenvalue weighted by atomic mass is 32.2. The Hall–Kier alpha value is -0.610. The lowest BCUT2D eigenvalue weighted by Gasteiger charge is -1.95. The second-order valence-electron chi connectivity index (χ2n) is 1.85. The zero-order valence-electron chi connectivity index (χ0n) is 6.49. The van der Waals surface area contributed by atoms with Gasteiger partial charge in [-0.3, -0.25) is 4.18 Å². The Morgan fingerprint density at radius 1 is 1.55 bits per heavy atom. The van der Waals surface area contributed by atoms with Gasteiger partial charge >= 0.3 is 0 Å². The van der Waals surface area contributed by atoms with Gasteiger partial charge in [0, 0.05) is 0 Å². The molecule has 0 unspecified atom stereocenters. The fourth-order valence-corrected chi connectivity index (χ4v) is 1.19. The van der Waals surface area contributed by atoms with Crippen molar-refractivity contribution in [2.75, 3.05) is 6.61 Å². The van der Waals surface area contributed by atoms with Crippen molar-refractivity contribution < 1.29 is 12.6 Å². The fraction of sp³-hybridized carbons (Fsp3) is 0.429. The minimum absolute atomic E-state index is 0.0242. The van der Waals surface area contributed by atoms with E-state index in [9.17, 15) is 8.42 Å². The van der Waals surface area contributed by atoms with Crippen LogP contribution in [-0.4, -0.2) is 15.0 Å². The molecule has 0 aromatic carbocycles. The van der Waals surface area contributed by atoms with Gasteiger partial charge in [0.15, 0.2) is 0 Å². The second-order valence-corrected chi connectivity index (χ2v) is 3.34. The summed E-state index contributed by atoms with van der Waals surface area (Å²) in [7, 11) is -3.46. The zero-order chi connectivity index (χ0) is 8.74. The fourth-order valence-electron chi connectivity index (χ4n) is 0.396. The average Bonchev–Trinajstić information content (AvgIpc) is 1.97. The molecule has 11 heavy (non-hydrogen) atoms. The molecular formula is C7H12O3S. The van der Waals surface area contributed by atoms with Crippen molar-refractivity contribution >= 4 is 10.1 Å². The Morgan fingerprint density at radius 2 is 2.18 bits per heavy atom. The van der Waals surface area contributed by atoms with Crippen molar-refractivity contribution in [3.63, 3.8) is 0 Å². The molecule has 64 valence electrons. The van der Waals surface area contributed by atoms with Crippen LogP contribution in [0.3, 0.4) is 0 Å². The van der Waals surface area contributed by atoms with Gasteiger partial charge in [0.25, 0.3) is 10.1 Å². The molecule has 0 aliphatic heterocycles. The summed E-state index contributed by atoms with van der Waals surface area (Å²) in [4.78, 5) is 0. The van der Waals surface area contributed by atoms with Crippen molar-refractivity contribution in [3.05, 3.63) is 24.1 Å². The summed E-state index contributed by atoms with van der Waals surface area (Å²) < 4.78 is 26.0. The highest BCUT2D eigenvalue weighted by Crippen LogP contribution is 1.96. The Labute approximate surface area is 67.5 Å². The van der Waals surface area contributed by atoms with E-state index in [1.165, 1.54) is 12.2 Å². The quantitative estimate of drug-likeness (QED) is 0.470. The maximum atomic E-state index is 10.8. The normalized spacial score (nSPS) is 12.1. The Balaban J connectivity index is 4.01. The lowest BCUT2D eigenvalue weighted by molar-refractivity contribution is 0.364. The van der Waals surface area contributed by atoms with E-state index in [0.717, 1.165) is 5.41 Å². The van der Waals surface area contributed by atoms with E-state index in [1.807, 2.05) is 6.92 Å². The van der Waals surface area contributed by atoms with E-state index in [0.29, 0.717) is 6.42 Å². The molecule has 0 aromatic heterocycles. The van der Waals surface area contributed by atoms with Crippen molar-refractivity contribution in [1.82, 2.24) is 0 Å². The van der Waals surface area contributed by atoms with E-state index >= 15 is 0 Å². The highest BCUT2D eigenvalue weighted by molar-refractivity contribution is 7.89. The number of hydrogen-bond acceptors (Lipinski definition) is 3. The summed E-state index contributed by atoms with van der Waals surface area (Å²) in [6, 6.07) is 0. The molecule has 0 N–H and O–H groups in total. The van der Waals surface area contributed by atoms with E-state index in [1.54, 1.807) is 0 Å². The predicted octanol–water partition coefficient (Wildman–Crippen LogP) is 1.44. The largest absolute Gasteiger partial charge is 0.290 e. The van der Waals surface area contributed by atoms with Crippen LogP contribution in [0.5, 0.6) is 0 Å². The van der Waals surface area contributed by atoms with Crippen LogP contribution >= 0.6 is 0 Å². The van der Waals surface area contributed by atoms with Gasteiger partial charge in [-0.1, -0.05) is 19.1 Å². The molecule has 4 heteroatoms. The molecule has 0 atom stereocenters. The molecule has 0 aromatic rings. The minimum Gasteiger partial charge on any atom is -0.263 e. The van der Waals surface area contributed by atoms with Gasteiger partial charge in [0.2, 0.25) is 0 Å². The number of hydrogen-bond donors (Lipinski definition) is 0. The van der Waals surface area contributed by atoms with Gasteiger partial charge < -0.3 is 0 Å². The first-order valence-corrected chi connectivity index (χ1v) is 4.76. The SMILES string of the molecule is C=CCOS(=O)(=O)C=CCC. The summed E-state index contributed by atoms with van der Waals surface area (Å²) in [5.74, 6) is 0. The maximum absolute atomic E-state index is 10.8. The first-order valence-electron chi connectivity index (χ1n) is 3.29. The Bertz CT molecular complexity index is 226. The summed E-state index contributed by atoms with van der Waals surface area (Å²) in [6.07, 6.45) is 3.59. The standard InChI is InChI=1S/C7H12O3S/c1-3-5-7-11(8,9)10-6-4-2/h4-5,7H,2-3,6H2,1H3. The van der Waals surface area contributed by atoms with E-state index in [-0.39, 0.29) is 6.61 Å². The van der Waals surface area contributed by atoms with Gasteiger partial charge in [-0.05, 0) is 6.42 Å². The van der Waals surface area contributed by atoms with Crippen LogP contribution in [0.2, 0.25) is 0 Å². The van der Waals surface area contributed by atoms with Gasteiger partial charge in [-0.2, -0.15) is 8.42 Å². The Kier molecular flexibility index (Phi) is 4.81. The zero-order valence-corrected chi connectivity index (χ0v) is 7.30. The van der Waals surface area contributed by atoms with Crippen LogP contribution in [-0.2, 0) is 14.3 Å². The van der Waals surface area contributed by atoms with Crippen molar-refractivity contribution in [1.29, 1.82) is 0 Å². The smallest absolute Gasteiger partial charge is 0.263 e. The molecule has 0 radical (unpaired) electrons. The maximum Gasteiger partial charge on any atom is 0.290 e. The van der Waals surface area contributed by atoms with Gasteiger partial charge in [0.1, 0.15) is 0 Å². The van der Waals surface area contributed by atoms with E-state index < -0.39 is 10.1 Å². The average molecular weight is 176 g/mol. The summed E-state index contributed by atoms with van der Waals surface area (Å²) in [6.45, 7) is 5.20. The first kappa shape index (κ1) is 10.4. The minimum atomic E-state index is -3.46. The van der Waals surface area contributed by atoms with Gasteiger partial charge in [-0.25, -0.2) is 0 Å². The van der Waals surface area contributed by atoms with Crippen LogP contribution in [0, 0.1) is 0 Å².